The van der Waals surface area contributed by atoms with Gasteiger partial charge in [0.05, 0.1) is 0 Å². The van der Waals surface area contributed by atoms with Crippen LogP contribution >= 0.6 is 0 Å². The van der Waals surface area contributed by atoms with Crippen LogP contribution in [0.1, 0.15) is 412 Å². The summed E-state index contributed by atoms with van der Waals surface area (Å²) in [6.45, 7) is 6.72. The van der Waals surface area contributed by atoms with Crippen molar-refractivity contribution in [2.24, 2.45) is 0 Å². The Kier molecular flexibility index (Phi) is 69.1. The zero-order chi connectivity index (χ0) is 59.2. The van der Waals surface area contributed by atoms with E-state index in [1.54, 1.807) is 0 Å². The maximum Gasteiger partial charge on any atom is 0.306 e. The van der Waals surface area contributed by atoms with Crippen LogP contribution in [0.5, 0.6) is 0 Å². The van der Waals surface area contributed by atoms with Crippen molar-refractivity contribution in [2.75, 3.05) is 13.2 Å². The summed E-state index contributed by atoms with van der Waals surface area (Å²) in [7, 11) is 0. The second-order valence-corrected chi connectivity index (χ2v) is 25.2. The lowest BCUT2D eigenvalue weighted by Gasteiger charge is -2.18. The van der Waals surface area contributed by atoms with Gasteiger partial charge in [0.15, 0.2) is 6.10 Å². The van der Waals surface area contributed by atoms with E-state index in [0.717, 1.165) is 70.6 Å². The molecule has 0 rings (SSSR count). The van der Waals surface area contributed by atoms with Gasteiger partial charge in [-0.1, -0.05) is 372 Å². The van der Waals surface area contributed by atoms with Crippen molar-refractivity contribution in [3.05, 3.63) is 36.5 Å². The third-order valence-corrected chi connectivity index (χ3v) is 16.9. The molecule has 0 aromatic rings. The highest BCUT2D eigenvalue weighted by atomic mass is 16.6. The van der Waals surface area contributed by atoms with E-state index in [1.807, 2.05) is 0 Å². The summed E-state index contributed by atoms with van der Waals surface area (Å²) < 4.78 is 17.0. The predicted molar refractivity (Wildman–Crippen MR) is 358 cm³/mol. The Balaban J connectivity index is 4.30. The molecule has 0 aliphatic heterocycles. The highest BCUT2D eigenvalue weighted by molar-refractivity contribution is 5.71. The molecule has 0 radical (unpaired) electrons. The highest BCUT2D eigenvalue weighted by Gasteiger charge is 2.20. The van der Waals surface area contributed by atoms with E-state index in [-0.39, 0.29) is 31.1 Å². The summed E-state index contributed by atoms with van der Waals surface area (Å²) >= 11 is 0. The molecule has 0 amide bonds. The largest absolute Gasteiger partial charge is 0.462 e. The first-order valence-electron chi connectivity index (χ1n) is 37.0. The van der Waals surface area contributed by atoms with Crippen molar-refractivity contribution >= 4 is 17.9 Å². The molecule has 0 aliphatic carbocycles. The van der Waals surface area contributed by atoms with Gasteiger partial charge in [0, 0.05) is 19.3 Å². The lowest BCUT2D eigenvalue weighted by atomic mass is 10.0. The molecule has 482 valence electrons. The number of hydrogen-bond donors (Lipinski definition) is 0. The third kappa shape index (κ3) is 68.4. The molecule has 6 heteroatoms. The highest BCUT2D eigenvalue weighted by Crippen LogP contribution is 2.19. The molecule has 0 aromatic carbocycles. The Morgan fingerprint density at radius 3 is 0.683 bits per heavy atom. The van der Waals surface area contributed by atoms with E-state index in [9.17, 15) is 14.4 Å². The fourth-order valence-corrected chi connectivity index (χ4v) is 11.3. The van der Waals surface area contributed by atoms with Crippen molar-refractivity contribution in [1.29, 1.82) is 0 Å². The number of rotatable bonds is 69. The molecule has 0 N–H and O–H groups in total. The van der Waals surface area contributed by atoms with Crippen LogP contribution in [0.3, 0.4) is 0 Å². The van der Waals surface area contributed by atoms with Crippen LogP contribution in [0.2, 0.25) is 0 Å². The summed E-state index contributed by atoms with van der Waals surface area (Å²) in [5.74, 6) is -0.835. The Morgan fingerprint density at radius 2 is 0.439 bits per heavy atom. The van der Waals surface area contributed by atoms with Crippen molar-refractivity contribution in [1.82, 2.24) is 0 Å². The molecule has 0 heterocycles. The average molecular weight is 1150 g/mol. The van der Waals surface area contributed by atoms with Gasteiger partial charge in [-0.25, -0.2) is 0 Å². The van der Waals surface area contributed by atoms with Crippen molar-refractivity contribution in [3.63, 3.8) is 0 Å². The number of ether oxygens (including phenoxy) is 3. The number of allylic oxidation sites excluding steroid dienone is 6. The summed E-state index contributed by atoms with van der Waals surface area (Å²) in [4.78, 5) is 38.5. The minimum absolute atomic E-state index is 0.0665. The molecule has 0 fully saturated rings. The zero-order valence-corrected chi connectivity index (χ0v) is 55.5. The lowest BCUT2D eigenvalue weighted by molar-refractivity contribution is -0.167. The maximum absolute atomic E-state index is 13.0. The smallest absolute Gasteiger partial charge is 0.306 e. The van der Waals surface area contributed by atoms with E-state index in [4.69, 9.17) is 14.2 Å². The first kappa shape index (κ1) is 79.6. The topological polar surface area (TPSA) is 78.9 Å². The molecular formula is C76H142O6. The first-order valence-corrected chi connectivity index (χ1v) is 37.0. The molecule has 82 heavy (non-hydrogen) atoms. The number of unbranched alkanes of at least 4 members (excludes halogenated alkanes) is 52. The molecule has 0 saturated heterocycles. The SMILES string of the molecule is CCCCCCC/C=C\C/C=C\C/C=C\CCCCCCCCCCCCC(=O)OCC(COC(=O)CCCCCCCCCCCCCCCCCCCCC)OC(=O)CCCCCCCCCCCCCCCCCCCCCC. The Hall–Kier alpha value is -2.37. The Labute approximate surface area is 512 Å². The fraction of sp³-hybridized carbons (Fsp3) is 0.882. The van der Waals surface area contributed by atoms with Gasteiger partial charge >= 0.3 is 17.9 Å². The Morgan fingerprint density at radius 1 is 0.244 bits per heavy atom. The molecule has 1 atom stereocenters. The van der Waals surface area contributed by atoms with Crippen molar-refractivity contribution < 1.29 is 28.6 Å². The molecular weight excluding hydrogens is 1010 g/mol. The van der Waals surface area contributed by atoms with Gasteiger partial charge in [-0.05, 0) is 57.8 Å². The maximum atomic E-state index is 13.0. The minimum Gasteiger partial charge on any atom is -0.462 e. The van der Waals surface area contributed by atoms with E-state index >= 15 is 0 Å². The zero-order valence-electron chi connectivity index (χ0n) is 55.5. The van der Waals surface area contributed by atoms with Gasteiger partial charge < -0.3 is 14.2 Å². The van der Waals surface area contributed by atoms with Crippen LogP contribution < -0.4 is 0 Å². The van der Waals surface area contributed by atoms with Crippen molar-refractivity contribution in [2.45, 2.75) is 419 Å². The molecule has 0 saturated carbocycles. The number of esters is 3. The van der Waals surface area contributed by atoms with Gasteiger partial charge in [0.2, 0.25) is 0 Å². The normalized spacial score (nSPS) is 12.2. The minimum atomic E-state index is -0.772. The molecule has 0 spiro atoms. The summed E-state index contributed by atoms with van der Waals surface area (Å²) in [6, 6.07) is 0. The van der Waals surface area contributed by atoms with E-state index in [1.165, 1.54) is 302 Å². The van der Waals surface area contributed by atoms with Gasteiger partial charge in [-0.15, -0.1) is 0 Å². The Bertz CT molecular complexity index is 1370. The number of carbonyl (C=O) groups is 3. The van der Waals surface area contributed by atoms with Crippen LogP contribution in [-0.2, 0) is 28.6 Å². The monoisotopic (exact) mass is 1150 g/mol. The second kappa shape index (κ2) is 71.1. The fourth-order valence-electron chi connectivity index (χ4n) is 11.3. The number of carbonyl (C=O) groups excluding carboxylic acids is 3. The van der Waals surface area contributed by atoms with Gasteiger partial charge in [-0.2, -0.15) is 0 Å². The molecule has 6 nitrogen and oxygen atoms in total. The predicted octanol–water partition coefficient (Wildman–Crippen LogP) is 25.5. The number of hydrogen-bond acceptors (Lipinski definition) is 6. The van der Waals surface area contributed by atoms with Gasteiger partial charge in [0.25, 0.3) is 0 Å². The van der Waals surface area contributed by atoms with Gasteiger partial charge in [0.1, 0.15) is 13.2 Å². The van der Waals surface area contributed by atoms with E-state index in [2.05, 4.69) is 57.2 Å². The van der Waals surface area contributed by atoms with Crippen LogP contribution in [0, 0.1) is 0 Å². The van der Waals surface area contributed by atoms with Crippen LogP contribution in [0.15, 0.2) is 36.5 Å². The molecule has 1 unspecified atom stereocenters. The van der Waals surface area contributed by atoms with Crippen LogP contribution in [0.25, 0.3) is 0 Å². The van der Waals surface area contributed by atoms with Crippen LogP contribution in [0.4, 0.5) is 0 Å². The van der Waals surface area contributed by atoms with Gasteiger partial charge in [-0.3, -0.25) is 14.4 Å². The van der Waals surface area contributed by atoms with E-state index in [0.29, 0.717) is 19.3 Å². The molecule has 0 aliphatic rings. The third-order valence-electron chi connectivity index (χ3n) is 16.9. The molecule has 0 bridgehead atoms. The molecule has 0 aromatic heterocycles. The quantitative estimate of drug-likeness (QED) is 0.0261. The average Bonchev–Trinajstić information content (AvgIpc) is 3.47. The van der Waals surface area contributed by atoms with Crippen molar-refractivity contribution in [3.8, 4) is 0 Å². The summed E-state index contributed by atoms with van der Waals surface area (Å²) in [5, 5.41) is 0. The second-order valence-electron chi connectivity index (χ2n) is 25.2. The lowest BCUT2D eigenvalue weighted by Crippen LogP contribution is -2.30. The summed E-state index contributed by atoms with van der Waals surface area (Å²) in [5.41, 5.74) is 0. The van der Waals surface area contributed by atoms with E-state index < -0.39 is 6.10 Å². The summed E-state index contributed by atoms with van der Waals surface area (Å²) in [6.07, 6.45) is 88.9. The first-order chi connectivity index (χ1) is 40.5. The van der Waals surface area contributed by atoms with Crippen LogP contribution in [-0.4, -0.2) is 37.2 Å². The standard InChI is InChI=1S/C76H142O6/c1-4-7-10-13-16-19-22-25-28-31-34-36-37-38-39-40-43-45-48-51-54-57-60-63-66-69-75(78)81-72-73(71-80-74(77)68-65-62-59-56-53-50-47-44-41-33-30-27-24-21-18-15-12-9-6-3)82-76(79)70-67-64-61-58-55-52-49-46-42-35-32-29-26-23-20-17-14-11-8-5-2/h22,25,31,34,37-38,73H,4-21,23-24,26-30,32-33,35-36,39-72H2,1-3H3/b25-22-,34-31-,38-37-.